The number of halogens is 1. The van der Waals surface area contributed by atoms with Crippen LogP contribution in [0.15, 0.2) is 54.6 Å². The molecular formula is C16H16FNOS. The largest absolute Gasteiger partial charge is 0.312 e. The number of rotatable bonds is 4. The summed E-state index contributed by atoms with van der Waals surface area (Å²) in [7, 11) is 1.56. The van der Waals surface area contributed by atoms with Gasteiger partial charge in [-0.15, -0.1) is 0 Å². The first-order valence-corrected chi connectivity index (χ1v) is 6.85. The minimum atomic E-state index is -0.498. The number of hydrogen-bond donors (Lipinski definition) is 1. The van der Waals surface area contributed by atoms with Gasteiger partial charge in [-0.1, -0.05) is 42.5 Å². The molecule has 20 heavy (non-hydrogen) atoms. The van der Waals surface area contributed by atoms with Crippen molar-refractivity contribution >= 4 is 24.2 Å². The maximum Gasteiger partial charge on any atom is 0.239 e. The number of hydrogen-bond acceptors (Lipinski definition) is 2. The van der Waals surface area contributed by atoms with Crippen molar-refractivity contribution < 1.29 is 9.18 Å². The van der Waals surface area contributed by atoms with E-state index < -0.39 is 11.1 Å². The summed E-state index contributed by atoms with van der Waals surface area (Å²) in [6.45, 7) is 0. The van der Waals surface area contributed by atoms with Gasteiger partial charge in [0, 0.05) is 7.05 Å². The van der Waals surface area contributed by atoms with Crippen LogP contribution in [0.4, 0.5) is 10.1 Å². The van der Waals surface area contributed by atoms with E-state index in [1.165, 1.54) is 11.0 Å². The second kappa shape index (κ2) is 6.57. The summed E-state index contributed by atoms with van der Waals surface area (Å²) in [4.78, 5) is 13.6. The normalized spacial score (nSPS) is 11.9. The van der Waals surface area contributed by atoms with E-state index in [1.807, 2.05) is 30.3 Å². The first-order valence-electron chi connectivity index (χ1n) is 6.33. The Balaban J connectivity index is 2.09. The van der Waals surface area contributed by atoms with Crippen molar-refractivity contribution in [1.29, 1.82) is 0 Å². The smallest absolute Gasteiger partial charge is 0.239 e. The van der Waals surface area contributed by atoms with Gasteiger partial charge in [0.2, 0.25) is 5.91 Å². The average molecular weight is 289 g/mol. The highest BCUT2D eigenvalue weighted by atomic mass is 32.1. The molecule has 0 aromatic heterocycles. The summed E-state index contributed by atoms with van der Waals surface area (Å²) in [5, 5.41) is -0.498. The van der Waals surface area contributed by atoms with Gasteiger partial charge in [0.15, 0.2) is 0 Å². The zero-order chi connectivity index (χ0) is 14.5. The third-order valence-electron chi connectivity index (χ3n) is 3.10. The number of nitrogens with zero attached hydrogens (tertiary/aromatic N) is 1. The van der Waals surface area contributed by atoms with E-state index in [1.54, 1.807) is 25.2 Å². The molecule has 0 aliphatic carbocycles. The Labute approximate surface area is 123 Å². The topological polar surface area (TPSA) is 20.3 Å². The molecule has 2 aromatic rings. The lowest BCUT2D eigenvalue weighted by molar-refractivity contribution is -0.117. The fraction of sp³-hybridized carbons (Fsp3) is 0.188. The molecule has 0 aliphatic heterocycles. The Hall–Kier alpha value is -1.81. The highest BCUT2D eigenvalue weighted by Crippen LogP contribution is 2.20. The van der Waals surface area contributed by atoms with Crippen LogP contribution in [0.5, 0.6) is 0 Å². The lowest BCUT2D eigenvalue weighted by Gasteiger charge is -2.21. The van der Waals surface area contributed by atoms with Crippen molar-refractivity contribution in [3.05, 3.63) is 66.0 Å². The van der Waals surface area contributed by atoms with Crippen molar-refractivity contribution in [2.75, 3.05) is 11.9 Å². The van der Waals surface area contributed by atoms with Crippen LogP contribution in [-0.4, -0.2) is 18.2 Å². The summed E-state index contributed by atoms with van der Waals surface area (Å²) < 4.78 is 13.7. The van der Waals surface area contributed by atoms with E-state index in [2.05, 4.69) is 12.6 Å². The van der Waals surface area contributed by atoms with Crippen LogP contribution in [0.3, 0.4) is 0 Å². The van der Waals surface area contributed by atoms with Crippen molar-refractivity contribution in [3.8, 4) is 0 Å². The van der Waals surface area contributed by atoms with Gasteiger partial charge in [0.05, 0.1) is 10.9 Å². The fourth-order valence-corrected chi connectivity index (χ4v) is 2.37. The van der Waals surface area contributed by atoms with Gasteiger partial charge >= 0.3 is 0 Å². The molecule has 2 rings (SSSR count). The number of amides is 1. The second-order valence-electron chi connectivity index (χ2n) is 4.55. The molecule has 0 fully saturated rings. The Morgan fingerprint density at radius 2 is 1.75 bits per heavy atom. The van der Waals surface area contributed by atoms with Gasteiger partial charge in [-0.25, -0.2) is 4.39 Å². The molecule has 4 heteroatoms. The van der Waals surface area contributed by atoms with Crippen molar-refractivity contribution in [3.63, 3.8) is 0 Å². The van der Waals surface area contributed by atoms with E-state index >= 15 is 0 Å². The third kappa shape index (κ3) is 3.39. The van der Waals surface area contributed by atoms with E-state index in [0.717, 1.165) is 5.56 Å². The monoisotopic (exact) mass is 289 g/mol. The Bertz CT molecular complexity index is 588. The zero-order valence-electron chi connectivity index (χ0n) is 11.2. The Morgan fingerprint density at radius 3 is 2.40 bits per heavy atom. The molecule has 2 aromatic carbocycles. The molecule has 0 saturated heterocycles. The van der Waals surface area contributed by atoms with Crippen molar-refractivity contribution in [1.82, 2.24) is 0 Å². The Morgan fingerprint density at radius 1 is 1.15 bits per heavy atom. The molecule has 0 heterocycles. The summed E-state index contributed by atoms with van der Waals surface area (Å²) in [6.07, 6.45) is 0.515. The lowest BCUT2D eigenvalue weighted by atomic mass is 10.1. The molecule has 0 spiro atoms. The van der Waals surface area contributed by atoms with Gasteiger partial charge in [-0.2, -0.15) is 12.6 Å². The Kier molecular flexibility index (Phi) is 4.79. The first kappa shape index (κ1) is 14.6. The van der Waals surface area contributed by atoms with Gasteiger partial charge in [-0.05, 0) is 24.1 Å². The zero-order valence-corrected chi connectivity index (χ0v) is 12.1. The van der Waals surface area contributed by atoms with Crippen LogP contribution in [0.25, 0.3) is 0 Å². The molecule has 1 unspecified atom stereocenters. The summed E-state index contributed by atoms with van der Waals surface area (Å²) in [5.74, 6) is -0.633. The predicted octanol–water partition coefficient (Wildman–Crippen LogP) is 3.33. The third-order valence-corrected chi connectivity index (χ3v) is 3.50. The molecule has 0 radical (unpaired) electrons. The minimum Gasteiger partial charge on any atom is -0.312 e. The second-order valence-corrected chi connectivity index (χ2v) is 5.18. The molecular weight excluding hydrogens is 273 g/mol. The summed E-state index contributed by atoms with van der Waals surface area (Å²) in [5.41, 5.74) is 1.30. The standard InChI is InChI=1S/C16H16FNOS/c1-18(14-10-6-5-9-13(14)17)16(19)15(20)11-12-7-3-2-4-8-12/h2-10,15,20H,11H2,1H3. The summed E-state index contributed by atoms with van der Waals surface area (Å²) >= 11 is 4.35. The SMILES string of the molecule is CN(C(=O)C(S)Cc1ccccc1)c1ccccc1F. The number of anilines is 1. The molecule has 0 N–H and O–H groups in total. The molecule has 104 valence electrons. The van der Waals surface area contributed by atoms with Crippen LogP contribution in [-0.2, 0) is 11.2 Å². The number of carbonyl (C=O) groups is 1. The predicted molar refractivity (Wildman–Crippen MR) is 82.7 cm³/mol. The van der Waals surface area contributed by atoms with E-state index in [4.69, 9.17) is 0 Å². The molecule has 1 atom stereocenters. The van der Waals surface area contributed by atoms with Crippen LogP contribution in [0, 0.1) is 5.82 Å². The lowest BCUT2D eigenvalue weighted by Crippen LogP contribution is -2.35. The molecule has 1 amide bonds. The molecule has 0 saturated carbocycles. The fourth-order valence-electron chi connectivity index (χ4n) is 1.99. The summed E-state index contributed by atoms with van der Waals surface area (Å²) in [6, 6.07) is 15.9. The highest BCUT2D eigenvalue weighted by Gasteiger charge is 2.21. The highest BCUT2D eigenvalue weighted by molar-refractivity contribution is 7.81. The van der Waals surface area contributed by atoms with Crippen molar-refractivity contribution in [2.45, 2.75) is 11.7 Å². The van der Waals surface area contributed by atoms with Crippen LogP contribution < -0.4 is 4.90 Å². The first-order chi connectivity index (χ1) is 9.59. The average Bonchev–Trinajstić information content (AvgIpc) is 2.47. The number of para-hydroxylation sites is 1. The van der Waals surface area contributed by atoms with E-state index in [9.17, 15) is 9.18 Å². The van der Waals surface area contributed by atoms with Gasteiger partial charge < -0.3 is 4.90 Å². The van der Waals surface area contributed by atoms with E-state index in [0.29, 0.717) is 6.42 Å². The maximum atomic E-state index is 13.7. The van der Waals surface area contributed by atoms with Crippen LogP contribution in [0.1, 0.15) is 5.56 Å². The number of carbonyl (C=O) groups excluding carboxylic acids is 1. The minimum absolute atomic E-state index is 0.220. The van der Waals surface area contributed by atoms with Crippen molar-refractivity contribution in [2.24, 2.45) is 0 Å². The molecule has 0 aliphatic rings. The molecule has 2 nitrogen and oxygen atoms in total. The number of benzene rings is 2. The van der Waals surface area contributed by atoms with Crippen LogP contribution in [0.2, 0.25) is 0 Å². The quantitative estimate of drug-likeness (QED) is 0.856. The maximum absolute atomic E-state index is 13.7. The van der Waals surface area contributed by atoms with E-state index in [-0.39, 0.29) is 11.6 Å². The van der Waals surface area contributed by atoms with Gasteiger partial charge in [0.25, 0.3) is 0 Å². The van der Waals surface area contributed by atoms with Gasteiger partial charge in [-0.3, -0.25) is 4.79 Å². The molecule has 0 bridgehead atoms. The van der Waals surface area contributed by atoms with Gasteiger partial charge in [0.1, 0.15) is 5.82 Å². The van der Waals surface area contributed by atoms with Crippen LogP contribution >= 0.6 is 12.6 Å². The number of thiol groups is 1.